The molecule has 0 amide bonds. The molecule has 5 rings (SSSR count). The Labute approximate surface area is 181 Å². The first-order valence-corrected chi connectivity index (χ1v) is 10.9. The van der Waals surface area contributed by atoms with Crippen molar-refractivity contribution < 1.29 is 14.2 Å². The first-order chi connectivity index (χ1) is 14.2. The molecule has 2 aliphatic rings. The Morgan fingerprint density at radius 3 is 2.72 bits per heavy atom. The van der Waals surface area contributed by atoms with Gasteiger partial charge in [-0.05, 0) is 29.6 Å². The molecule has 1 aromatic heterocycles. The molecular formula is C22H19BrN2O3S. The lowest BCUT2D eigenvalue weighted by Gasteiger charge is -2.38. The number of methoxy groups -OCH3 is 2. The van der Waals surface area contributed by atoms with Crippen molar-refractivity contribution in [1.29, 1.82) is 0 Å². The molecule has 0 spiro atoms. The molecule has 0 radical (unpaired) electrons. The fraction of sp³-hybridized carbons (Fsp3) is 0.227. The van der Waals surface area contributed by atoms with E-state index in [-0.39, 0.29) is 6.04 Å². The highest BCUT2D eigenvalue weighted by atomic mass is 79.9. The Balaban J connectivity index is 1.66. The number of nitrogens with zero attached hydrogens (tertiary/aromatic N) is 2. The fourth-order valence-electron chi connectivity index (χ4n) is 3.97. The van der Waals surface area contributed by atoms with Gasteiger partial charge in [0.2, 0.25) is 6.23 Å². The quantitative estimate of drug-likeness (QED) is 0.485. The maximum Gasteiger partial charge on any atom is 0.217 e. The molecule has 7 heteroatoms. The summed E-state index contributed by atoms with van der Waals surface area (Å²) in [7, 11) is 3.28. The van der Waals surface area contributed by atoms with Crippen LogP contribution >= 0.6 is 27.3 Å². The van der Waals surface area contributed by atoms with Crippen LogP contribution in [0.25, 0.3) is 0 Å². The van der Waals surface area contributed by atoms with Gasteiger partial charge >= 0.3 is 0 Å². The summed E-state index contributed by atoms with van der Waals surface area (Å²) in [6.07, 6.45) is 0.416. The Morgan fingerprint density at radius 2 is 1.97 bits per heavy atom. The summed E-state index contributed by atoms with van der Waals surface area (Å²) in [4.78, 5) is 1.19. The minimum absolute atomic E-state index is 0.108. The van der Waals surface area contributed by atoms with Gasteiger partial charge in [0, 0.05) is 16.5 Å². The van der Waals surface area contributed by atoms with Gasteiger partial charge in [-0.2, -0.15) is 5.10 Å². The number of para-hydroxylation sites is 1. The lowest BCUT2D eigenvalue weighted by atomic mass is 9.97. The summed E-state index contributed by atoms with van der Waals surface area (Å²) in [5.74, 6) is 2.18. The molecule has 0 fully saturated rings. The van der Waals surface area contributed by atoms with Crippen LogP contribution in [0.15, 0.2) is 63.5 Å². The minimum Gasteiger partial charge on any atom is -0.493 e. The van der Waals surface area contributed by atoms with Crippen molar-refractivity contribution in [1.82, 2.24) is 5.01 Å². The molecule has 3 heterocycles. The standard InChI is InChI=1S/C22H19BrN2O3S/c1-26-19-11-13(23)10-15(21(19)27-2)22-25-17(14-6-3-4-7-18(14)28-22)12-16(24-25)20-8-5-9-29-20/h3-11,17,22H,12H2,1-2H3/t17-,22+/m0/s1. The molecule has 5 nitrogen and oxygen atoms in total. The van der Waals surface area contributed by atoms with Crippen molar-refractivity contribution in [3.05, 3.63) is 74.4 Å². The first kappa shape index (κ1) is 18.5. The number of rotatable bonds is 4. The maximum absolute atomic E-state index is 6.46. The summed E-state index contributed by atoms with van der Waals surface area (Å²) in [6.45, 7) is 0. The van der Waals surface area contributed by atoms with Gasteiger partial charge in [0.1, 0.15) is 5.75 Å². The van der Waals surface area contributed by atoms with Crippen LogP contribution in [0.4, 0.5) is 0 Å². The zero-order chi connectivity index (χ0) is 20.0. The number of thiophene rings is 1. The predicted octanol–water partition coefficient (Wildman–Crippen LogP) is 5.77. The van der Waals surface area contributed by atoms with E-state index in [2.05, 4.69) is 44.5 Å². The van der Waals surface area contributed by atoms with E-state index in [1.54, 1.807) is 25.6 Å². The van der Waals surface area contributed by atoms with Gasteiger partial charge in [-0.25, -0.2) is 5.01 Å². The predicted molar refractivity (Wildman–Crippen MR) is 117 cm³/mol. The highest BCUT2D eigenvalue weighted by Gasteiger charge is 2.42. The van der Waals surface area contributed by atoms with Crippen molar-refractivity contribution in [3.8, 4) is 17.2 Å². The second-order valence-electron chi connectivity index (χ2n) is 6.86. The van der Waals surface area contributed by atoms with Crippen LogP contribution < -0.4 is 14.2 Å². The van der Waals surface area contributed by atoms with Gasteiger partial charge in [0.25, 0.3) is 0 Å². The van der Waals surface area contributed by atoms with Gasteiger partial charge in [0.05, 0.1) is 36.4 Å². The lowest BCUT2D eigenvalue weighted by Crippen LogP contribution is -2.34. The molecular weight excluding hydrogens is 452 g/mol. The smallest absolute Gasteiger partial charge is 0.217 e. The Bertz CT molecular complexity index is 1080. The van der Waals surface area contributed by atoms with E-state index >= 15 is 0 Å². The van der Waals surface area contributed by atoms with E-state index in [9.17, 15) is 0 Å². The molecule has 0 aliphatic carbocycles. The summed E-state index contributed by atoms with van der Waals surface area (Å²) in [5, 5.41) is 9.13. The maximum atomic E-state index is 6.46. The average Bonchev–Trinajstić information content (AvgIpc) is 3.42. The van der Waals surface area contributed by atoms with Crippen LogP contribution in [0.2, 0.25) is 0 Å². The van der Waals surface area contributed by atoms with Gasteiger partial charge in [-0.15, -0.1) is 11.3 Å². The van der Waals surface area contributed by atoms with Crippen LogP contribution in [0, 0.1) is 0 Å². The third-order valence-corrected chi connectivity index (χ3v) is 6.62. The zero-order valence-electron chi connectivity index (χ0n) is 16.0. The Hall–Kier alpha value is -2.51. The highest BCUT2D eigenvalue weighted by molar-refractivity contribution is 9.10. The molecule has 2 atom stereocenters. The Kier molecular flexibility index (Phi) is 4.72. The number of benzene rings is 2. The molecule has 0 bridgehead atoms. The zero-order valence-corrected chi connectivity index (χ0v) is 18.4. The molecule has 148 valence electrons. The molecule has 3 aromatic rings. The van der Waals surface area contributed by atoms with Crippen molar-refractivity contribution in [2.75, 3.05) is 14.2 Å². The topological polar surface area (TPSA) is 43.3 Å². The largest absolute Gasteiger partial charge is 0.493 e. The van der Waals surface area contributed by atoms with Crippen LogP contribution in [0.5, 0.6) is 17.2 Å². The SMILES string of the molecule is COc1cc(Br)cc([C@H]2Oc3ccccc3[C@@H]3CC(c4cccs4)=NN23)c1OC. The number of hydrogen-bond donors (Lipinski definition) is 0. The van der Waals surface area contributed by atoms with E-state index in [1.165, 1.54) is 4.88 Å². The molecule has 0 unspecified atom stereocenters. The van der Waals surface area contributed by atoms with Crippen molar-refractivity contribution >= 4 is 33.0 Å². The monoisotopic (exact) mass is 470 g/mol. The Morgan fingerprint density at radius 1 is 1.10 bits per heavy atom. The second kappa shape index (κ2) is 7.39. The van der Waals surface area contributed by atoms with E-state index in [4.69, 9.17) is 19.3 Å². The number of halogens is 1. The van der Waals surface area contributed by atoms with E-state index < -0.39 is 6.23 Å². The molecule has 2 aliphatic heterocycles. The number of ether oxygens (including phenoxy) is 3. The molecule has 0 N–H and O–H groups in total. The molecule has 0 saturated heterocycles. The fourth-order valence-corrected chi connectivity index (χ4v) is 5.15. The summed E-state index contributed by atoms with van der Waals surface area (Å²) < 4.78 is 18.6. The van der Waals surface area contributed by atoms with E-state index in [1.807, 2.05) is 30.3 Å². The molecule has 29 heavy (non-hydrogen) atoms. The van der Waals surface area contributed by atoms with Crippen LogP contribution in [-0.2, 0) is 0 Å². The van der Waals surface area contributed by atoms with E-state index in [0.717, 1.165) is 33.5 Å². The third kappa shape index (κ3) is 3.09. The van der Waals surface area contributed by atoms with Crippen molar-refractivity contribution in [2.45, 2.75) is 18.7 Å². The van der Waals surface area contributed by atoms with Crippen molar-refractivity contribution in [2.24, 2.45) is 5.10 Å². The van der Waals surface area contributed by atoms with Crippen LogP contribution in [-0.4, -0.2) is 24.9 Å². The summed E-state index contributed by atoms with van der Waals surface area (Å²) >= 11 is 5.30. The van der Waals surface area contributed by atoms with E-state index in [0.29, 0.717) is 11.5 Å². The lowest BCUT2D eigenvalue weighted by molar-refractivity contribution is -0.0205. The second-order valence-corrected chi connectivity index (χ2v) is 8.73. The van der Waals surface area contributed by atoms with Gasteiger partial charge in [-0.1, -0.05) is 40.2 Å². The number of fused-ring (bicyclic) bond motifs is 3. The summed E-state index contributed by atoms with van der Waals surface area (Å²) in [6, 6.07) is 16.4. The average molecular weight is 471 g/mol. The number of hydrazone groups is 1. The molecule has 2 aromatic carbocycles. The van der Waals surface area contributed by atoms with Crippen molar-refractivity contribution in [3.63, 3.8) is 0 Å². The normalized spacial score (nSPS) is 19.8. The number of hydrogen-bond acceptors (Lipinski definition) is 6. The van der Waals surface area contributed by atoms with Gasteiger partial charge in [0.15, 0.2) is 11.5 Å². The first-order valence-electron chi connectivity index (χ1n) is 9.26. The third-order valence-electron chi connectivity index (χ3n) is 5.24. The van der Waals surface area contributed by atoms with Crippen LogP contribution in [0.3, 0.4) is 0 Å². The van der Waals surface area contributed by atoms with Gasteiger partial charge in [-0.3, -0.25) is 0 Å². The van der Waals surface area contributed by atoms with Gasteiger partial charge < -0.3 is 14.2 Å². The minimum atomic E-state index is -0.422. The van der Waals surface area contributed by atoms with Crippen LogP contribution in [0.1, 0.15) is 34.7 Å². The molecule has 0 saturated carbocycles. The summed E-state index contributed by atoms with van der Waals surface area (Å²) in [5.41, 5.74) is 3.10. The highest BCUT2D eigenvalue weighted by Crippen LogP contribution is 2.50.